The number of para-hydroxylation sites is 1. The number of benzene rings is 1. The van der Waals surface area contributed by atoms with Crippen molar-refractivity contribution >= 4 is 10.9 Å². The predicted octanol–water partition coefficient (Wildman–Crippen LogP) is 2.60. The number of ether oxygens (including phenoxy) is 1. The second-order valence-corrected chi connectivity index (χ2v) is 3.84. The van der Waals surface area contributed by atoms with Crippen LogP contribution in [0.15, 0.2) is 65.8 Å². The maximum Gasteiger partial charge on any atom is 0.194 e. The van der Waals surface area contributed by atoms with Crippen LogP contribution in [0.2, 0.25) is 0 Å². The fourth-order valence-electron chi connectivity index (χ4n) is 1.98. The van der Waals surface area contributed by atoms with Crippen molar-refractivity contribution in [1.82, 2.24) is 4.57 Å². The molecule has 3 rings (SSSR count). The van der Waals surface area contributed by atoms with Gasteiger partial charge in [0.2, 0.25) is 0 Å². The molecular weight excluding hydrogens is 214 g/mol. The molecule has 3 heteroatoms. The van der Waals surface area contributed by atoms with Crippen LogP contribution in [-0.4, -0.2) is 4.57 Å². The highest BCUT2D eigenvalue weighted by molar-refractivity contribution is 5.78. The van der Waals surface area contributed by atoms with Crippen molar-refractivity contribution in [3.63, 3.8) is 0 Å². The van der Waals surface area contributed by atoms with E-state index >= 15 is 0 Å². The lowest BCUT2D eigenvalue weighted by Crippen LogP contribution is -2.14. The largest absolute Gasteiger partial charge is 0.474 e. The monoisotopic (exact) mass is 225 g/mol. The molecule has 17 heavy (non-hydrogen) atoms. The van der Waals surface area contributed by atoms with E-state index in [1.807, 2.05) is 47.1 Å². The zero-order valence-electron chi connectivity index (χ0n) is 9.11. The Morgan fingerprint density at radius 1 is 1.12 bits per heavy atom. The van der Waals surface area contributed by atoms with Crippen LogP contribution in [0.4, 0.5) is 0 Å². The summed E-state index contributed by atoms with van der Waals surface area (Å²) >= 11 is 0. The van der Waals surface area contributed by atoms with E-state index in [1.165, 1.54) is 0 Å². The second kappa shape index (κ2) is 3.94. The summed E-state index contributed by atoms with van der Waals surface area (Å²) < 4.78 is 7.45. The maximum atomic E-state index is 11.7. The number of hydrogen-bond acceptors (Lipinski definition) is 2. The van der Waals surface area contributed by atoms with Gasteiger partial charge in [-0.25, -0.2) is 0 Å². The van der Waals surface area contributed by atoms with Gasteiger partial charge in [0.15, 0.2) is 11.7 Å². The van der Waals surface area contributed by atoms with Crippen LogP contribution < -0.4 is 5.43 Å². The van der Waals surface area contributed by atoms with Crippen LogP contribution in [-0.2, 0) is 4.74 Å². The molecule has 84 valence electrons. The molecule has 1 aromatic carbocycles. The van der Waals surface area contributed by atoms with Crippen LogP contribution in [0.5, 0.6) is 0 Å². The van der Waals surface area contributed by atoms with Gasteiger partial charge in [-0.2, -0.15) is 0 Å². The summed E-state index contributed by atoms with van der Waals surface area (Å²) in [6.45, 7) is 0. The molecule has 1 aliphatic rings. The van der Waals surface area contributed by atoms with Gasteiger partial charge < -0.3 is 9.30 Å². The minimum atomic E-state index is -0.189. The molecule has 1 aromatic heterocycles. The molecule has 0 spiro atoms. The number of nitrogens with zero attached hydrogens (tertiary/aromatic N) is 1. The third kappa shape index (κ3) is 1.65. The van der Waals surface area contributed by atoms with Gasteiger partial charge in [0.25, 0.3) is 0 Å². The lowest BCUT2D eigenvalue weighted by Gasteiger charge is -2.20. The lowest BCUT2D eigenvalue weighted by atomic mass is 10.2. The Hall–Kier alpha value is -2.29. The second-order valence-electron chi connectivity index (χ2n) is 3.84. The first kappa shape index (κ1) is 9.90. The Bertz CT molecular complexity index is 667. The van der Waals surface area contributed by atoms with E-state index in [0.29, 0.717) is 5.39 Å². The molecule has 0 aliphatic carbocycles. The highest BCUT2D eigenvalue weighted by Gasteiger charge is 2.10. The summed E-state index contributed by atoms with van der Waals surface area (Å²) in [5.74, 6) is 0. The van der Waals surface area contributed by atoms with Gasteiger partial charge >= 0.3 is 0 Å². The van der Waals surface area contributed by atoms with Crippen molar-refractivity contribution in [2.45, 2.75) is 6.23 Å². The molecule has 2 heterocycles. The van der Waals surface area contributed by atoms with Crippen molar-refractivity contribution in [1.29, 1.82) is 0 Å². The first-order valence-corrected chi connectivity index (χ1v) is 5.45. The fraction of sp³-hybridized carbons (Fsp3) is 0.0714. The Balaban J connectivity index is 2.23. The molecule has 2 aromatic rings. The Morgan fingerprint density at radius 2 is 2.00 bits per heavy atom. The van der Waals surface area contributed by atoms with Crippen molar-refractivity contribution in [2.75, 3.05) is 0 Å². The summed E-state index contributed by atoms with van der Waals surface area (Å²) in [5, 5.41) is 0.710. The van der Waals surface area contributed by atoms with Crippen LogP contribution in [0.3, 0.4) is 0 Å². The number of allylic oxidation sites excluding steroid dienone is 2. The minimum Gasteiger partial charge on any atom is -0.474 e. The molecule has 1 atom stereocenters. The third-order valence-electron chi connectivity index (χ3n) is 2.79. The van der Waals surface area contributed by atoms with Gasteiger partial charge in [-0.05, 0) is 24.3 Å². The molecule has 0 saturated carbocycles. The average Bonchev–Trinajstić information content (AvgIpc) is 2.41. The highest BCUT2D eigenvalue weighted by Crippen LogP contribution is 2.19. The van der Waals surface area contributed by atoms with Gasteiger partial charge in [-0.15, -0.1) is 0 Å². The van der Waals surface area contributed by atoms with Crippen molar-refractivity contribution < 1.29 is 4.74 Å². The first-order valence-electron chi connectivity index (χ1n) is 5.45. The molecule has 0 radical (unpaired) electrons. The zero-order valence-corrected chi connectivity index (χ0v) is 9.11. The number of hydrogen-bond donors (Lipinski definition) is 0. The van der Waals surface area contributed by atoms with Crippen LogP contribution in [0.25, 0.3) is 10.9 Å². The zero-order chi connectivity index (χ0) is 11.7. The SMILES string of the molecule is O=c1ccn(C2C=CC=CO2)c2ccccc12. The van der Waals surface area contributed by atoms with Crippen molar-refractivity contribution in [3.8, 4) is 0 Å². The molecule has 3 nitrogen and oxygen atoms in total. The standard InChI is InChI=1S/C14H11NO2/c16-13-8-9-15(14-7-3-4-10-17-14)12-6-2-1-5-11(12)13/h1-10,14H. The van der Waals surface area contributed by atoms with Crippen LogP contribution in [0, 0.1) is 0 Å². The van der Waals surface area contributed by atoms with E-state index in [9.17, 15) is 4.79 Å². The topological polar surface area (TPSA) is 31.2 Å². The smallest absolute Gasteiger partial charge is 0.194 e. The third-order valence-corrected chi connectivity index (χ3v) is 2.79. The van der Waals surface area contributed by atoms with Crippen molar-refractivity contribution in [3.05, 3.63) is 71.2 Å². The van der Waals surface area contributed by atoms with E-state index in [4.69, 9.17) is 4.74 Å². The maximum absolute atomic E-state index is 11.7. The Morgan fingerprint density at radius 3 is 2.82 bits per heavy atom. The van der Waals surface area contributed by atoms with E-state index < -0.39 is 0 Å². The van der Waals surface area contributed by atoms with E-state index in [2.05, 4.69) is 0 Å². The highest BCUT2D eigenvalue weighted by atomic mass is 16.5. The Labute approximate surface area is 98.3 Å². The predicted molar refractivity (Wildman–Crippen MR) is 66.6 cm³/mol. The molecule has 1 unspecified atom stereocenters. The first-order chi connectivity index (χ1) is 8.36. The molecule has 0 N–H and O–H groups in total. The Kier molecular flexibility index (Phi) is 2.29. The number of pyridine rings is 1. The van der Waals surface area contributed by atoms with Gasteiger partial charge in [-0.1, -0.05) is 18.2 Å². The lowest BCUT2D eigenvalue weighted by molar-refractivity contribution is 0.126. The molecule has 0 saturated heterocycles. The van der Waals surface area contributed by atoms with E-state index in [1.54, 1.807) is 18.5 Å². The molecular formula is C14H11NO2. The quantitative estimate of drug-likeness (QED) is 0.747. The summed E-state index contributed by atoms with van der Waals surface area (Å²) in [4.78, 5) is 11.7. The summed E-state index contributed by atoms with van der Waals surface area (Å²) in [5.41, 5.74) is 0.914. The number of fused-ring (bicyclic) bond motifs is 1. The van der Waals surface area contributed by atoms with Gasteiger partial charge in [0.1, 0.15) is 0 Å². The number of rotatable bonds is 1. The van der Waals surface area contributed by atoms with Gasteiger partial charge in [-0.3, -0.25) is 4.79 Å². The van der Waals surface area contributed by atoms with Crippen molar-refractivity contribution in [2.24, 2.45) is 0 Å². The van der Waals surface area contributed by atoms with Crippen LogP contribution >= 0.6 is 0 Å². The van der Waals surface area contributed by atoms with Crippen LogP contribution in [0.1, 0.15) is 6.23 Å². The van der Waals surface area contributed by atoms with E-state index in [0.717, 1.165) is 5.52 Å². The molecule has 0 bridgehead atoms. The molecule has 1 aliphatic heterocycles. The molecule has 0 fully saturated rings. The summed E-state index contributed by atoms with van der Waals surface area (Å²) in [7, 11) is 0. The van der Waals surface area contributed by atoms with Gasteiger partial charge in [0.05, 0.1) is 11.8 Å². The fourth-order valence-corrected chi connectivity index (χ4v) is 1.98. The number of aromatic nitrogens is 1. The van der Waals surface area contributed by atoms with Gasteiger partial charge in [0, 0.05) is 17.6 Å². The molecule has 0 amide bonds. The minimum absolute atomic E-state index is 0.0344. The summed E-state index contributed by atoms with van der Waals surface area (Å²) in [6.07, 6.45) is 8.93. The normalized spacial score (nSPS) is 18.2. The van der Waals surface area contributed by atoms with E-state index in [-0.39, 0.29) is 11.7 Å². The average molecular weight is 225 g/mol. The summed E-state index contributed by atoms with van der Waals surface area (Å²) in [6, 6.07) is 9.10.